The lowest BCUT2D eigenvalue weighted by Gasteiger charge is -2.36. The van der Waals surface area contributed by atoms with E-state index in [4.69, 9.17) is 0 Å². The Labute approximate surface area is 99.8 Å². The molecule has 1 atom stereocenters. The van der Waals surface area contributed by atoms with Gasteiger partial charge in [-0.2, -0.15) is 0 Å². The van der Waals surface area contributed by atoms with Crippen molar-refractivity contribution in [3.63, 3.8) is 0 Å². The molecule has 0 aromatic heterocycles. The van der Waals surface area contributed by atoms with E-state index in [2.05, 4.69) is 39.5 Å². The molecular formula is C10H17N5O2. The van der Waals surface area contributed by atoms with Crippen molar-refractivity contribution in [1.82, 2.24) is 20.4 Å². The summed E-state index contributed by atoms with van der Waals surface area (Å²) in [7, 11) is 4.13. The highest BCUT2D eigenvalue weighted by molar-refractivity contribution is 6.45. The number of aliphatic imine (C=N–C) groups is 1. The maximum atomic E-state index is 10.9. The molecule has 0 spiro atoms. The number of carbonyl (C=O) groups excluding carboxylic acids is 2. The highest BCUT2D eigenvalue weighted by atomic mass is 16.2. The van der Waals surface area contributed by atoms with E-state index in [0.717, 1.165) is 19.6 Å². The summed E-state index contributed by atoms with van der Waals surface area (Å²) in [4.78, 5) is 30.6. The summed E-state index contributed by atoms with van der Waals surface area (Å²) in [6.07, 6.45) is 0. The van der Waals surface area contributed by atoms with E-state index in [1.54, 1.807) is 0 Å². The summed E-state index contributed by atoms with van der Waals surface area (Å²) < 4.78 is 0. The van der Waals surface area contributed by atoms with Crippen molar-refractivity contribution in [1.29, 1.82) is 0 Å². The average Bonchev–Trinajstić information content (AvgIpc) is 2.60. The Balaban J connectivity index is 1.91. The van der Waals surface area contributed by atoms with Gasteiger partial charge in [-0.1, -0.05) is 0 Å². The molecule has 0 aromatic rings. The number of hydrogen-bond donors (Lipinski definition) is 2. The van der Waals surface area contributed by atoms with Crippen molar-refractivity contribution in [3.8, 4) is 0 Å². The van der Waals surface area contributed by atoms with Gasteiger partial charge in [0.15, 0.2) is 0 Å². The van der Waals surface area contributed by atoms with Gasteiger partial charge in [0.05, 0.1) is 6.54 Å². The van der Waals surface area contributed by atoms with Gasteiger partial charge in [0.1, 0.15) is 0 Å². The number of nitrogens with one attached hydrogen (secondary N) is 2. The minimum absolute atomic E-state index is 0.265. The molecule has 94 valence electrons. The van der Waals surface area contributed by atoms with Gasteiger partial charge < -0.3 is 4.90 Å². The first kappa shape index (κ1) is 12.0. The molecule has 17 heavy (non-hydrogen) atoms. The second-order valence-electron chi connectivity index (χ2n) is 4.49. The van der Waals surface area contributed by atoms with Gasteiger partial charge in [0.25, 0.3) is 0 Å². The van der Waals surface area contributed by atoms with E-state index in [1.165, 1.54) is 0 Å². The minimum Gasteiger partial charge on any atom is -0.303 e. The fraction of sp³-hybridized carbons (Fsp3) is 0.700. The maximum Gasteiger partial charge on any atom is 0.316 e. The normalized spacial score (nSPS) is 26.9. The monoisotopic (exact) mass is 239 g/mol. The molecule has 0 bridgehead atoms. The number of hydrogen-bond acceptors (Lipinski definition) is 5. The van der Waals surface area contributed by atoms with Crippen LogP contribution in [0.4, 0.5) is 0 Å². The lowest BCUT2D eigenvalue weighted by Crippen LogP contribution is -2.51. The molecule has 0 radical (unpaired) electrons. The van der Waals surface area contributed by atoms with Crippen molar-refractivity contribution < 1.29 is 9.59 Å². The summed E-state index contributed by atoms with van der Waals surface area (Å²) in [5.41, 5.74) is 0. The first-order valence-corrected chi connectivity index (χ1v) is 5.62. The third-order valence-electron chi connectivity index (χ3n) is 3.11. The van der Waals surface area contributed by atoms with Gasteiger partial charge in [-0.15, -0.1) is 0 Å². The van der Waals surface area contributed by atoms with Crippen LogP contribution in [0.15, 0.2) is 4.99 Å². The third kappa shape index (κ3) is 2.80. The van der Waals surface area contributed by atoms with E-state index < -0.39 is 11.8 Å². The van der Waals surface area contributed by atoms with Crippen molar-refractivity contribution in [2.45, 2.75) is 6.04 Å². The van der Waals surface area contributed by atoms with Gasteiger partial charge in [0, 0.05) is 25.7 Å². The zero-order valence-corrected chi connectivity index (χ0v) is 10.1. The Morgan fingerprint density at radius 3 is 2.53 bits per heavy atom. The zero-order chi connectivity index (χ0) is 12.4. The fourth-order valence-corrected chi connectivity index (χ4v) is 1.93. The molecule has 7 nitrogen and oxygen atoms in total. The van der Waals surface area contributed by atoms with Gasteiger partial charge in [-0.05, 0) is 14.1 Å². The summed E-state index contributed by atoms with van der Waals surface area (Å²) in [6, 6.07) is 0.315. The van der Waals surface area contributed by atoms with E-state index >= 15 is 0 Å². The Morgan fingerprint density at radius 2 is 1.88 bits per heavy atom. The molecular weight excluding hydrogens is 222 g/mol. The van der Waals surface area contributed by atoms with Crippen LogP contribution in [0.5, 0.6) is 0 Å². The van der Waals surface area contributed by atoms with E-state index in [0.29, 0.717) is 12.6 Å². The lowest BCUT2D eigenvalue weighted by molar-refractivity contribution is -0.135. The topological polar surface area (TPSA) is 77.0 Å². The average molecular weight is 239 g/mol. The molecule has 7 heteroatoms. The van der Waals surface area contributed by atoms with Crippen LogP contribution in [-0.2, 0) is 9.59 Å². The van der Waals surface area contributed by atoms with Crippen LogP contribution >= 0.6 is 0 Å². The SMILES string of the molecule is CN1CCN(C)C(CN=C2NC(=O)C(=O)N2)C1. The maximum absolute atomic E-state index is 10.9. The van der Waals surface area contributed by atoms with Crippen molar-refractivity contribution in [2.75, 3.05) is 40.3 Å². The number of guanidine groups is 1. The van der Waals surface area contributed by atoms with Crippen LogP contribution in [0.2, 0.25) is 0 Å². The zero-order valence-electron chi connectivity index (χ0n) is 10.1. The Hall–Kier alpha value is -1.47. The summed E-state index contributed by atoms with van der Waals surface area (Å²) in [5.74, 6) is -1.02. The molecule has 0 aliphatic carbocycles. The van der Waals surface area contributed by atoms with Crippen LogP contribution in [0.3, 0.4) is 0 Å². The number of piperazine rings is 1. The quantitative estimate of drug-likeness (QED) is 0.538. The predicted molar refractivity (Wildman–Crippen MR) is 62.5 cm³/mol. The molecule has 2 amide bonds. The molecule has 2 N–H and O–H groups in total. The lowest BCUT2D eigenvalue weighted by atomic mass is 10.2. The molecule has 1 unspecified atom stereocenters. The number of nitrogens with zero attached hydrogens (tertiary/aromatic N) is 3. The van der Waals surface area contributed by atoms with E-state index in [-0.39, 0.29) is 5.96 Å². The molecule has 2 saturated heterocycles. The minimum atomic E-state index is -0.641. The standard InChI is InChI=1S/C10H17N5O2/c1-14-3-4-15(2)7(6-14)5-11-10-12-8(16)9(17)13-10/h7H,3-6H2,1-2H3,(H2,11,12,13,16,17). The van der Waals surface area contributed by atoms with Crippen LogP contribution in [0.25, 0.3) is 0 Å². The van der Waals surface area contributed by atoms with Crippen molar-refractivity contribution in [3.05, 3.63) is 0 Å². The van der Waals surface area contributed by atoms with Gasteiger partial charge >= 0.3 is 11.8 Å². The fourth-order valence-electron chi connectivity index (χ4n) is 1.93. The number of rotatable bonds is 2. The van der Waals surface area contributed by atoms with Crippen LogP contribution in [0.1, 0.15) is 0 Å². The Kier molecular flexibility index (Phi) is 3.39. The van der Waals surface area contributed by atoms with Crippen LogP contribution < -0.4 is 10.6 Å². The first-order chi connectivity index (χ1) is 8.06. The molecule has 0 aromatic carbocycles. The Bertz CT molecular complexity index is 350. The van der Waals surface area contributed by atoms with Gasteiger partial charge in [0.2, 0.25) is 5.96 Å². The van der Waals surface area contributed by atoms with Crippen molar-refractivity contribution in [2.24, 2.45) is 4.99 Å². The van der Waals surface area contributed by atoms with E-state index in [1.807, 2.05) is 0 Å². The van der Waals surface area contributed by atoms with Gasteiger partial charge in [-0.3, -0.25) is 30.1 Å². The Morgan fingerprint density at radius 1 is 1.24 bits per heavy atom. The highest BCUT2D eigenvalue weighted by Gasteiger charge is 2.26. The molecule has 2 heterocycles. The molecule has 2 aliphatic rings. The smallest absolute Gasteiger partial charge is 0.303 e. The van der Waals surface area contributed by atoms with Crippen LogP contribution in [-0.4, -0.2) is 73.9 Å². The number of amides is 2. The summed E-state index contributed by atoms with van der Waals surface area (Å²) in [5, 5.41) is 4.78. The summed E-state index contributed by atoms with van der Waals surface area (Å²) >= 11 is 0. The van der Waals surface area contributed by atoms with Gasteiger partial charge in [-0.25, -0.2) is 0 Å². The van der Waals surface area contributed by atoms with Crippen LogP contribution in [0, 0.1) is 0 Å². The molecule has 2 fully saturated rings. The molecule has 2 aliphatic heterocycles. The first-order valence-electron chi connectivity index (χ1n) is 5.62. The molecule has 0 saturated carbocycles. The second-order valence-corrected chi connectivity index (χ2v) is 4.49. The molecule has 2 rings (SSSR count). The number of carbonyl (C=O) groups is 2. The predicted octanol–water partition coefficient (Wildman–Crippen LogP) is -2.17. The van der Waals surface area contributed by atoms with E-state index in [9.17, 15) is 9.59 Å². The number of likely N-dealkylation sites (N-methyl/N-ethyl adjacent to an activating group) is 2. The largest absolute Gasteiger partial charge is 0.316 e. The summed E-state index contributed by atoms with van der Waals surface area (Å²) in [6.45, 7) is 3.56. The third-order valence-corrected chi connectivity index (χ3v) is 3.11. The van der Waals surface area contributed by atoms with Crippen molar-refractivity contribution >= 4 is 17.8 Å². The second kappa shape index (κ2) is 4.80. The highest BCUT2D eigenvalue weighted by Crippen LogP contribution is 2.06.